The van der Waals surface area contributed by atoms with Crippen LogP contribution in [0.1, 0.15) is 21.5 Å². The third-order valence-corrected chi connectivity index (χ3v) is 5.82. The van der Waals surface area contributed by atoms with Crippen LogP contribution >= 0.6 is 0 Å². The lowest BCUT2D eigenvalue weighted by atomic mass is 10.0. The van der Waals surface area contributed by atoms with Crippen molar-refractivity contribution in [2.45, 2.75) is 20.0 Å². The maximum Gasteiger partial charge on any atom is 0.252 e. The van der Waals surface area contributed by atoms with Crippen LogP contribution in [-0.2, 0) is 0 Å². The fourth-order valence-corrected chi connectivity index (χ4v) is 3.88. The maximum absolute atomic E-state index is 13.2. The van der Waals surface area contributed by atoms with Crippen molar-refractivity contribution in [1.82, 2.24) is 10.3 Å². The number of carbonyl (C=O) groups is 1. The van der Waals surface area contributed by atoms with Gasteiger partial charge in [0.2, 0.25) is 0 Å². The first-order valence-electron chi connectivity index (χ1n) is 10.7. The summed E-state index contributed by atoms with van der Waals surface area (Å²) >= 11 is 0. The first-order valence-corrected chi connectivity index (χ1v) is 10.7. The third-order valence-electron chi connectivity index (χ3n) is 5.82. The molecule has 1 atom stereocenters. The van der Waals surface area contributed by atoms with Crippen molar-refractivity contribution in [2.24, 2.45) is 0 Å². The molecule has 0 saturated carbocycles. The molecule has 0 saturated heterocycles. The Hall–Kier alpha value is -3.86. The fraction of sp³-hybridized carbons (Fsp3) is 0.185. The molecular weight excluding hydrogens is 400 g/mol. The molecule has 4 aromatic rings. The molecule has 0 spiro atoms. The largest absolute Gasteiger partial charge is 0.486 e. The number of fused-ring (bicyclic) bond motifs is 2. The summed E-state index contributed by atoms with van der Waals surface area (Å²) in [5, 5.41) is 3.84. The van der Waals surface area contributed by atoms with E-state index in [2.05, 4.69) is 31.3 Å². The average molecular weight is 425 g/mol. The Labute approximate surface area is 187 Å². The van der Waals surface area contributed by atoms with E-state index in [4.69, 9.17) is 14.5 Å². The number of ether oxygens (including phenoxy) is 2. The van der Waals surface area contributed by atoms with Crippen LogP contribution in [0.5, 0.6) is 11.5 Å². The molecule has 1 N–H and O–H groups in total. The highest BCUT2D eigenvalue weighted by Crippen LogP contribution is 2.31. The second-order valence-corrected chi connectivity index (χ2v) is 8.08. The lowest BCUT2D eigenvalue weighted by Crippen LogP contribution is -2.40. The summed E-state index contributed by atoms with van der Waals surface area (Å²) in [4.78, 5) is 18.0. The molecular formula is C27H24N2O3. The lowest BCUT2D eigenvalue weighted by Gasteiger charge is -2.26. The minimum absolute atomic E-state index is 0.156. The quantitative estimate of drug-likeness (QED) is 0.496. The zero-order chi connectivity index (χ0) is 22.1. The highest BCUT2D eigenvalue weighted by Gasteiger charge is 2.22. The number of para-hydroxylation sites is 3. The van der Waals surface area contributed by atoms with Gasteiger partial charge in [0.05, 0.1) is 23.3 Å². The van der Waals surface area contributed by atoms with Crippen LogP contribution in [0.15, 0.2) is 72.8 Å². The van der Waals surface area contributed by atoms with Crippen molar-refractivity contribution >= 4 is 16.8 Å². The number of rotatable bonds is 4. The van der Waals surface area contributed by atoms with Crippen molar-refractivity contribution in [3.63, 3.8) is 0 Å². The number of nitrogens with zero attached hydrogens (tertiary/aromatic N) is 1. The molecule has 0 unspecified atom stereocenters. The second-order valence-electron chi connectivity index (χ2n) is 8.08. The number of carbonyl (C=O) groups excluding carboxylic acids is 1. The number of amides is 1. The summed E-state index contributed by atoms with van der Waals surface area (Å²) < 4.78 is 11.7. The molecule has 160 valence electrons. The zero-order valence-electron chi connectivity index (χ0n) is 18.1. The van der Waals surface area contributed by atoms with Gasteiger partial charge in [0, 0.05) is 10.9 Å². The van der Waals surface area contributed by atoms with Gasteiger partial charge in [0.15, 0.2) is 11.5 Å². The SMILES string of the molecule is Cc1ccc(-c2cc(C(=O)NC[C@H]3COc4ccccc4O3)c3ccccc3n2)cc1C. The summed E-state index contributed by atoms with van der Waals surface area (Å²) in [6.45, 7) is 4.91. The van der Waals surface area contributed by atoms with Crippen molar-refractivity contribution in [1.29, 1.82) is 0 Å². The highest BCUT2D eigenvalue weighted by atomic mass is 16.6. The molecule has 1 amide bonds. The number of hydrogen-bond acceptors (Lipinski definition) is 4. The highest BCUT2D eigenvalue weighted by molar-refractivity contribution is 6.07. The Morgan fingerprint density at radius 1 is 0.969 bits per heavy atom. The van der Waals surface area contributed by atoms with Gasteiger partial charge in [0.1, 0.15) is 12.7 Å². The number of hydrogen-bond donors (Lipinski definition) is 1. The summed E-state index contributed by atoms with van der Waals surface area (Å²) in [6, 6.07) is 23.4. The van der Waals surface area contributed by atoms with Crippen LogP contribution in [0, 0.1) is 13.8 Å². The van der Waals surface area contributed by atoms with E-state index < -0.39 is 0 Å². The third kappa shape index (κ3) is 3.89. The molecule has 0 aliphatic carbocycles. The van der Waals surface area contributed by atoms with Crippen LogP contribution in [0.25, 0.3) is 22.2 Å². The van der Waals surface area contributed by atoms with Crippen LogP contribution in [0.2, 0.25) is 0 Å². The molecule has 5 heteroatoms. The minimum Gasteiger partial charge on any atom is -0.486 e. The van der Waals surface area contributed by atoms with Gasteiger partial charge >= 0.3 is 0 Å². The van der Waals surface area contributed by atoms with Crippen LogP contribution in [0.4, 0.5) is 0 Å². The first kappa shape index (κ1) is 20.1. The lowest BCUT2D eigenvalue weighted by molar-refractivity contribution is 0.0790. The van der Waals surface area contributed by atoms with Crippen LogP contribution in [0.3, 0.4) is 0 Å². The smallest absolute Gasteiger partial charge is 0.252 e. The number of aromatic nitrogens is 1. The predicted octanol–water partition coefficient (Wildman–Crippen LogP) is 5.09. The molecule has 0 fully saturated rings. The molecule has 1 aromatic heterocycles. The van der Waals surface area contributed by atoms with Crippen molar-refractivity contribution in [3.05, 3.63) is 89.5 Å². The van der Waals surface area contributed by atoms with Gasteiger partial charge < -0.3 is 14.8 Å². The van der Waals surface area contributed by atoms with E-state index in [-0.39, 0.29) is 12.0 Å². The Morgan fingerprint density at radius 3 is 2.59 bits per heavy atom. The van der Waals surface area contributed by atoms with E-state index in [0.29, 0.717) is 24.5 Å². The Bertz CT molecular complexity index is 1320. The monoisotopic (exact) mass is 424 g/mol. The zero-order valence-corrected chi connectivity index (χ0v) is 18.1. The molecule has 0 radical (unpaired) electrons. The van der Waals surface area contributed by atoms with Crippen molar-refractivity contribution < 1.29 is 14.3 Å². The maximum atomic E-state index is 13.2. The number of nitrogens with one attached hydrogen (secondary N) is 1. The van der Waals surface area contributed by atoms with Crippen molar-refractivity contribution in [3.8, 4) is 22.8 Å². The Balaban J connectivity index is 1.41. The van der Waals surface area contributed by atoms with E-state index in [1.165, 1.54) is 11.1 Å². The number of benzene rings is 3. The summed E-state index contributed by atoms with van der Waals surface area (Å²) in [5.41, 5.74) is 5.58. The fourth-order valence-electron chi connectivity index (χ4n) is 3.88. The van der Waals surface area contributed by atoms with Gasteiger partial charge in [0.25, 0.3) is 5.91 Å². The Morgan fingerprint density at radius 2 is 1.75 bits per heavy atom. The van der Waals surface area contributed by atoms with Gasteiger partial charge in [-0.1, -0.05) is 42.5 Å². The molecule has 2 heterocycles. The standard InChI is InChI=1S/C27H24N2O3/c1-17-11-12-19(13-18(17)2)24-14-22(21-7-3-4-8-23(21)29-24)27(30)28-15-20-16-31-25-9-5-6-10-26(25)32-20/h3-14,20H,15-16H2,1-2H3,(H,28,30)/t20-/m0/s1. The Kier molecular flexibility index (Phi) is 5.23. The normalized spacial score (nSPS) is 14.9. The summed E-state index contributed by atoms with van der Waals surface area (Å²) in [7, 11) is 0. The van der Waals surface area contributed by atoms with Gasteiger partial charge in [-0.2, -0.15) is 0 Å². The van der Waals surface area contributed by atoms with Crippen LogP contribution < -0.4 is 14.8 Å². The molecule has 32 heavy (non-hydrogen) atoms. The van der Waals surface area contributed by atoms with Gasteiger partial charge in [-0.3, -0.25) is 4.79 Å². The molecule has 1 aliphatic rings. The second kappa shape index (κ2) is 8.35. The van der Waals surface area contributed by atoms with E-state index in [1.54, 1.807) is 0 Å². The average Bonchev–Trinajstić information content (AvgIpc) is 2.83. The molecule has 5 rings (SSSR count). The van der Waals surface area contributed by atoms with Crippen LogP contribution in [-0.4, -0.2) is 30.1 Å². The van der Waals surface area contributed by atoms with E-state index in [1.807, 2.05) is 60.7 Å². The molecule has 5 nitrogen and oxygen atoms in total. The van der Waals surface area contributed by atoms with Gasteiger partial charge in [-0.15, -0.1) is 0 Å². The topological polar surface area (TPSA) is 60.5 Å². The summed E-state index contributed by atoms with van der Waals surface area (Å²) in [6.07, 6.45) is -0.249. The molecule has 1 aliphatic heterocycles. The number of aryl methyl sites for hydroxylation is 2. The van der Waals surface area contributed by atoms with E-state index >= 15 is 0 Å². The van der Waals surface area contributed by atoms with Crippen molar-refractivity contribution in [2.75, 3.05) is 13.2 Å². The summed E-state index contributed by atoms with van der Waals surface area (Å²) in [5.74, 6) is 1.27. The van der Waals surface area contributed by atoms with Gasteiger partial charge in [-0.05, 0) is 55.3 Å². The molecule has 3 aromatic carbocycles. The first-order chi connectivity index (χ1) is 15.6. The van der Waals surface area contributed by atoms with E-state index in [9.17, 15) is 4.79 Å². The molecule has 0 bridgehead atoms. The minimum atomic E-state index is -0.249. The van der Waals surface area contributed by atoms with Gasteiger partial charge in [-0.25, -0.2) is 4.98 Å². The predicted molar refractivity (Wildman–Crippen MR) is 125 cm³/mol. The van der Waals surface area contributed by atoms with E-state index in [0.717, 1.165) is 27.9 Å². The number of pyridine rings is 1.